The molecule has 0 radical (unpaired) electrons. The molecule has 0 atom stereocenters. The van der Waals surface area contributed by atoms with Crippen LogP contribution in [0.15, 0.2) is 18.2 Å². The predicted molar refractivity (Wildman–Crippen MR) is 84.6 cm³/mol. The highest BCUT2D eigenvalue weighted by atomic mass is 16.5. The molecule has 1 saturated carbocycles. The maximum atomic E-state index is 12.0. The molecule has 3 N–H and O–H groups in total. The van der Waals surface area contributed by atoms with E-state index in [2.05, 4.69) is 10.6 Å². The van der Waals surface area contributed by atoms with Crippen LogP contribution in [0.1, 0.15) is 25.7 Å². The summed E-state index contributed by atoms with van der Waals surface area (Å²) in [5, 5.41) is 15.1. The van der Waals surface area contributed by atoms with Gasteiger partial charge in [0.25, 0.3) is 0 Å². The van der Waals surface area contributed by atoms with E-state index in [1.54, 1.807) is 18.2 Å². The van der Waals surface area contributed by atoms with Crippen molar-refractivity contribution in [1.82, 2.24) is 5.32 Å². The molecular formula is C16H22N2O5. The van der Waals surface area contributed by atoms with Gasteiger partial charge in [0, 0.05) is 12.6 Å². The Morgan fingerprint density at radius 3 is 2.48 bits per heavy atom. The smallest absolute Gasteiger partial charge is 0.313 e. The van der Waals surface area contributed by atoms with Crippen LogP contribution in [-0.2, 0) is 9.59 Å². The third kappa shape index (κ3) is 4.35. The maximum Gasteiger partial charge on any atom is 0.313 e. The van der Waals surface area contributed by atoms with Crippen molar-refractivity contribution in [2.24, 2.45) is 0 Å². The van der Waals surface area contributed by atoms with Crippen LogP contribution in [0, 0.1) is 0 Å². The van der Waals surface area contributed by atoms with E-state index in [4.69, 9.17) is 9.47 Å². The van der Waals surface area contributed by atoms with Gasteiger partial charge in [-0.2, -0.15) is 0 Å². The molecule has 2 amide bonds. The van der Waals surface area contributed by atoms with Crippen LogP contribution in [0.2, 0.25) is 0 Å². The SMILES string of the molecule is COc1ccc(NC(=O)C(=O)NCC2(O)CCCC2)c(OC)c1. The minimum absolute atomic E-state index is 0.0823. The van der Waals surface area contributed by atoms with E-state index in [0.717, 1.165) is 12.8 Å². The number of nitrogens with one attached hydrogen (secondary N) is 2. The molecule has 1 aromatic carbocycles. The van der Waals surface area contributed by atoms with Gasteiger partial charge in [0.05, 0.1) is 25.5 Å². The highest BCUT2D eigenvalue weighted by Gasteiger charge is 2.32. The van der Waals surface area contributed by atoms with Crippen molar-refractivity contribution in [3.63, 3.8) is 0 Å². The number of ether oxygens (including phenoxy) is 2. The fraction of sp³-hybridized carbons (Fsp3) is 0.500. The van der Waals surface area contributed by atoms with Crippen LogP contribution < -0.4 is 20.1 Å². The number of aliphatic hydroxyl groups is 1. The zero-order valence-electron chi connectivity index (χ0n) is 13.3. The quantitative estimate of drug-likeness (QED) is 0.705. The largest absolute Gasteiger partial charge is 0.497 e. The standard InChI is InChI=1S/C16H22N2O5/c1-22-11-5-6-12(13(9-11)23-2)18-15(20)14(19)17-10-16(21)7-3-4-8-16/h5-6,9,21H,3-4,7-8,10H2,1-2H3,(H,17,19)(H,18,20). The zero-order valence-corrected chi connectivity index (χ0v) is 13.3. The van der Waals surface area contributed by atoms with E-state index in [9.17, 15) is 14.7 Å². The Morgan fingerprint density at radius 1 is 1.17 bits per heavy atom. The van der Waals surface area contributed by atoms with Gasteiger partial charge in [0.2, 0.25) is 0 Å². The average Bonchev–Trinajstić information content (AvgIpc) is 3.00. The van der Waals surface area contributed by atoms with Crippen LogP contribution >= 0.6 is 0 Å². The second kappa shape index (κ2) is 7.32. The van der Waals surface area contributed by atoms with Crippen LogP contribution in [0.25, 0.3) is 0 Å². The number of hydrogen-bond acceptors (Lipinski definition) is 5. The summed E-state index contributed by atoms with van der Waals surface area (Å²) in [6, 6.07) is 4.85. The Bertz CT molecular complexity index is 582. The number of benzene rings is 1. The number of carbonyl (C=O) groups is 2. The molecule has 1 aliphatic carbocycles. The molecular weight excluding hydrogens is 300 g/mol. The molecule has 1 fully saturated rings. The Morgan fingerprint density at radius 2 is 1.87 bits per heavy atom. The summed E-state index contributed by atoms with van der Waals surface area (Å²) >= 11 is 0. The summed E-state index contributed by atoms with van der Waals surface area (Å²) in [4.78, 5) is 23.8. The monoisotopic (exact) mass is 322 g/mol. The van der Waals surface area contributed by atoms with Crippen molar-refractivity contribution in [3.05, 3.63) is 18.2 Å². The first-order chi connectivity index (χ1) is 11.0. The second-order valence-corrected chi connectivity index (χ2v) is 5.63. The van der Waals surface area contributed by atoms with Crippen molar-refractivity contribution < 1.29 is 24.2 Å². The number of hydrogen-bond donors (Lipinski definition) is 3. The predicted octanol–water partition coefficient (Wildman–Crippen LogP) is 1.06. The Kier molecular flexibility index (Phi) is 5.44. The van der Waals surface area contributed by atoms with Crippen LogP contribution in [-0.4, -0.2) is 43.3 Å². The minimum atomic E-state index is -0.895. The van der Waals surface area contributed by atoms with Crippen molar-refractivity contribution in [3.8, 4) is 11.5 Å². The summed E-state index contributed by atoms with van der Waals surface area (Å²) in [5.41, 5.74) is -0.527. The molecule has 0 spiro atoms. The normalized spacial score (nSPS) is 15.8. The number of anilines is 1. The Hall–Kier alpha value is -2.28. The van der Waals surface area contributed by atoms with Crippen molar-refractivity contribution in [1.29, 1.82) is 0 Å². The topological polar surface area (TPSA) is 96.9 Å². The number of rotatable bonds is 5. The average molecular weight is 322 g/mol. The zero-order chi connectivity index (χ0) is 16.9. The van der Waals surface area contributed by atoms with Gasteiger partial charge in [-0.1, -0.05) is 12.8 Å². The molecule has 7 nitrogen and oxygen atoms in total. The Labute approximate surface area is 135 Å². The third-order valence-electron chi connectivity index (χ3n) is 3.98. The molecule has 2 rings (SSSR count). The lowest BCUT2D eigenvalue weighted by molar-refractivity contribution is -0.136. The van der Waals surface area contributed by atoms with Gasteiger partial charge in [0.15, 0.2) is 0 Å². The van der Waals surface area contributed by atoms with E-state index in [-0.39, 0.29) is 6.54 Å². The molecule has 0 aliphatic heterocycles. The highest BCUT2D eigenvalue weighted by Crippen LogP contribution is 2.29. The molecule has 7 heteroatoms. The molecule has 126 valence electrons. The molecule has 0 bridgehead atoms. The van der Waals surface area contributed by atoms with Gasteiger partial charge in [-0.3, -0.25) is 9.59 Å². The maximum absolute atomic E-state index is 12.0. The minimum Gasteiger partial charge on any atom is -0.497 e. The molecule has 0 heterocycles. The van der Waals surface area contributed by atoms with E-state index in [1.807, 2.05) is 0 Å². The van der Waals surface area contributed by atoms with Gasteiger partial charge in [-0.05, 0) is 25.0 Å². The highest BCUT2D eigenvalue weighted by molar-refractivity contribution is 6.39. The number of amides is 2. The lowest BCUT2D eigenvalue weighted by Gasteiger charge is -2.22. The van der Waals surface area contributed by atoms with Crippen molar-refractivity contribution in [2.75, 3.05) is 26.1 Å². The Balaban J connectivity index is 1.94. The molecule has 23 heavy (non-hydrogen) atoms. The lowest BCUT2D eigenvalue weighted by Crippen LogP contribution is -2.44. The van der Waals surface area contributed by atoms with Gasteiger partial charge in [-0.15, -0.1) is 0 Å². The van der Waals surface area contributed by atoms with Gasteiger partial charge < -0.3 is 25.2 Å². The van der Waals surface area contributed by atoms with E-state index in [1.165, 1.54) is 14.2 Å². The first-order valence-corrected chi connectivity index (χ1v) is 7.51. The fourth-order valence-corrected chi connectivity index (χ4v) is 2.62. The number of carbonyl (C=O) groups excluding carboxylic acids is 2. The van der Waals surface area contributed by atoms with Crippen LogP contribution in [0.4, 0.5) is 5.69 Å². The summed E-state index contributed by atoms with van der Waals surface area (Å²) in [6.45, 7) is 0.0823. The number of methoxy groups -OCH3 is 2. The molecule has 0 aromatic heterocycles. The van der Waals surface area contributed by atoms with Gasteiger partial charge in [-0.25, -0.2) is 0 Å². The van der Waals surface area contributed by atoms with E-state index in [0.29, 0.717) is 30.0 Å². The summed E-state index contributed by atoms with van der Waals surface area (Å²) in [6.07, 6.45) is 3.14. The van der Waals surface area contributed by atoms with E-state index >= 15 is 0 Å². The van der Waals surface area contributed by atoms with Crippen molar-refractivity contribution in [2.45, 2.75) is 31.3 Å². The molecule has 0 unspecified atom stereocenters. The first-order valence-electron chi connectivity index (χ1n) is 7.51. The van der Waals surface area contributed by atoms with Gasteiger partial charge in [0.1, 0.15) is 11.5 Å². The fourth-order valence-electron chi connectivity index (χ4n) is 2.62. The molecule has 1 aliphatic rings. The summed E-state index contributed by atoms with van der Waals surface area (Å²) in [7, 11) is 2.98. The van der Waals surface area contributed by atoms with Crippen molar-refractivity contribution >= 4 is 17.5 Å². The second-order valence-electron chi connectivity index (χ2n) is 5.63. The lowest BCUT2D eigenvalue weighted by atomic mass is 10.0. The van der Waals surface area contributed by atoms with Gasteiger partial charge >= 0.3 is 11.8 Å². The summed E-state index contributed by atoms with van der Waals surface area (Å²) in [5.74, 6) is -0.633. The first kappa shape index (κ1) is 17.1. The van der Waals surface area contributed by atoms with E-state index < -0.39 is 17.4 Å². The molecule has 0 saturated heterocycles. The summed E-state index contributed by atoms with van der Waals surface area (Å²) < 4.78 is 10.2. The van der Waals surface area contributed by atoms with Crippen LogP contribution in [0.5, 0.6) is 11.5 Å². The molecule has 1 aromatic rings. The van der Waals surface area contributed by atoms with Crippen LogP contribution in [0.3, 0.4) is 0 Å². The third-order valence-corrected chi connectivity index (χ3v) is 3.98.